The Bertz CT molecular complexity index is 1360. The molecular formula is C23H20N6O2. The van der Waals surface area contributed by atoms with Gasteiger partial charge in [0.25, 0.3) is 0 Å². The van der Waals surface area contributed by atoms with Gasteiger partial charge in [-0.05, 0) is 36.1 Å². The Hall–Kier alpha value is -3.83. The van der Waals surface area contributed by atoms with Crippen molar-refractivity contribution < 1.29 is 9.47 Å². The molecule has 0 bridgehead atoms. The Morgan fingerprint density at radius 3 is 2.74 bits per heavy atom. The van der Waals surface area contributed by atoms with Crippen molar-refractivity contribution in [2.45, 2.75) is 6.04 Å². The van der Waals surface area contributed by atoms with Crippen molar-refractivity contribution in [1.82, 2.24) is 15.0 Å². The van der Waals surface area contributed by atoms with Gasteiger partial charge >= 0.3 is 6.01 Å². The summed E-state index contributed by atoms with van der Waals surface area (Å²) < 4.78 is 11.5. The van der Waals surface area contributed by atoms with E-state index < -0.39 is 0 Å². The van der Waals surface area contributed by atoms with Gasteiger partial charge in [0, 0.05) is 24.5 Å². The number of hydrogen-bond donors (Lipinski definition) is 2. The molecule has 1 saturated heterocycles. The second-order valence-electron chi connectivity index (χ2n) is 8.11. The zero-order chi connectivity index (χ0) is 21.1. The summed E-state index contributed by atoms with van der Waals surface area (Å²) in [6.45, 7) is 1.75. The predicted octanol–water partition coefficient (Wildman–Crippen LogP) is 3.18. The van der Waals surface area contributed by atoms with Gasteiger partial charge < -0.3 is 25.1 Å². The molecule has 2 unspecified atom stereocenters. The van der Waals surface area contributed by atoms with Gasteiger partial charge in [-0.2, -0.15) is 15.2 Å². The quantitative estimate of drug-likeness (QED) is 0.529. The molecule has 8 nitrogen and oxygen atoms in total. The van der Waals surface area contributed by atoms with Gasteiger partial charge in [-0.15, -0.1) is 0 Å². The molecule has 2 aliphatic rings. The summed E-state index contributed by atoms with van der Waals surface area (Å²) in [7, 11) is 1.65. The van der Waals surface area contributed by atoms with E-state index in [4.69, 9.17) is 25.5 Å². The lowest BCUT2D eigenvalue weighted by Gasteiger charge is -2.21. The molecule has 0 radical (unpaired) electrons. The summed E-state index contributed by atoms with van der Waals surface area (Å²) in [5.41, 5.74) is 8.23. The van der Waals surface area contributed by atoms with Crippen molar-refractivity contribution >= 4 is 27.8 Å². The van der Waals surface area contributed by atoms with Crippen molar-refractivity contribution in [2.24, 2.45) is 17.6 Å². The number of H-pyrrole nitrogens is 1. The number of para-hydroxylation sites is 1. The third-order valence-corrected chi connectivity index (χ3v) is 6.36. The van der Waals surface area contributed by atoms with Crippen LogP contribution in [0.3, 0.4) is 0 Å². The van der Waals surface area contributed by atoms with Crippen LogP contribution in [-0.4, -0.2) is 41.2 Å². The first-order valence-corrected chi connectivity index (χ1v) is 10.2. The fraction of sp³-hybridized carbons (Fsp3) is 0.261. The number of rotatable bonds is 4. The van der Waals surface area contributed by atoms with E-state index in [1.807, 2.05) is 18.2 Å². The Balaban J connectivity index is 1.51. The van der Waals surface area contributed by atoms with Crippen LogP contribution >= 0.6 is 0 Å². The van der Waals surface area contributed by atoms with Gasteiger partial charge in [-0.3, -0.25) is 0 Å². The molecule has 2 aromatic carbocycles. The SMILES string of the molecule is COc1cccc2c1[nH]c1nc(Oc3cccc(C#N)c3)nc(N3CC4C(N)C4C3)c12. The predicted molar refractivity (Wildman–Crippen MR) is 116 cm³/mol. The number of hydrogen-bond acceptors (Lipinski definition) is 7. The lowest BCUT2D eigenvalue weighted by molar-refractivity contribution is 0.419. The van der Waals surface area contributed by atoms with Crippen molar-refractivity contribution in [1.29, 1.82) is 5.26 Å². The second kappa shape index (κ2) is 6.59. The van der Waals surface area contributed by atoms with E-state index in [-0.39, 0.29) is 6.01 Å². The number of piperidine rings is 1. The van der Waals surface area contributed by atoms with Gasteiger partial charge in [0.1, 0.15) is 23.0 Å². The largest absolute Gasteiger partial charge is 0.495 e. The van der Waals surface area contributed by atoms with E-state index in [1.54, 1.807) is 31.4 Å². The smallest absolute Gasteiger partial charge is 0.325 e. The van der Waals surface area contributed by atoms with Crippen molar-refractivity contribution in [3.63, 3.8) is 0 Å². The van der Waals surface area contributed by atoms with E-state index in [0.29, 0.717) is 34.8 Å². The fourth-order valence-electron chi connectivity index (χ4n) is 4.68. The lowest BCUT2D eigenvalue weighted by atomic mass is 10.2. The fourth-order valence-corrected chi connectivity index (χ4v) is 4.68. The molecule has 2 atom stereocenters. The number of aromatic amines is 1. The maximum atomic E-state index is 9.17. The van der Waals surface area contributed by atoms with Crippen molar-refractivity contribution in [3.8, 4) is 23.6 Å². The number of fused-ring (bicyclic) bond motifs is 4. The van der Waals surface area contributed by atoms with Gasteiger partial charge in [-0.1, -0.05) is 18.2 Å². The van der Waals surface area contributed by atoms with Crippen LogP contribution in [0, 0.1) is 23.2 Å². The molecule has 0 amide bonds. The number of methoxy groups -OCH3 is 1. The van der Waals surface area contributed by atoms with E-state index >= 15 is 0 Å². The molecule has 8 heteroatoms. The first kappa shape index (κ1) is 18.0. The summed E-state index contributed by atoms with van der Waals surface area (Å²) in [5.74, 6) is 3.12. The second-order valence-corrected chi connectivity index (χ2v) is 8.11. The van der Waals surface area contributed by atoms with Crippen LogP contribution in [0.25, 0.3) is 21.9 Å². The molecule has 2 fully saturated rings. The zero-order valence-electron chi connectivity index (χ0n) is 16.9. The molecule has 3 N–H and O–H groups in total. The Labute approximate surface area is 178 Å². The number of nitriles is 1. The minimum atomic E-state index is 0.230. The topological polar surface area (TPSA) is 113 Å². The Kier molecular flexibility index (Phi) is 3.82. The third-order valence-electron chi connectivity index (χ3n) is 6.36. The van der Waals surface area contributed by atoms with Crippen LogP contribution in [-0.2, 0) is 0 Å². The number of anilines is 1. The highest BCUT2D eigenvalue weighted by atomic mass is 16.5. The molecule has 31 heavy (non-hydrogen) atoms. The minimum absolute atomic E-state index is 0.230. The van der Waals surface area contributed by atoms with Crippen LogP contribution in [0.2, 0.25) is 0 Å². The van der Waals surface area contributed by atoms with Crippen LogP contribution in [0.1, 0.15) is 5.56 Å². The normalized spacial score (nSPS) is 21.8. The highest BCUT2D eigenvalue weighted by molar-refractivity contribution is 6.13. The van der Waals surface area contributed by atoms with Gasteiger partial charge in [-0.25, -0.2) is 0 Å². The zero-order valence-corrected chi connectivity index (χ0v) is 16.9. The Morgan fingerprint density at radius 1 is 1.16 bits per heavy atom. The number of nitrogens with one attached hydrogen (secondary N) is 1. The average molecular weight is 412 g/mol. The maximum Gasteiger partial charge on any atom is 0.325 e. The van der Waals surface area contributed by atoms with Crippen molar-refractivity contribution in [2.75, 3.05) is 25.1 Å². The van der Waals surface area contributed by atoms with Gasteiger partial charge in [0.05, 0.1) is 29.6 Å². The molecule has 154 valence electrons. The number of aromatic nitrogens is 3. The molecular weight excluding hydrogens is 392 g/mol. The summed E-state index contributed by atoms with van der Waals surface area (Å²) >= 11 is 0. The van der Waals surface area contributed by atoms with Gasteiger partial charge in [0.2, 0.25) is 0 Å². The first-order valence-electron chi connectivity index (χ1n) is 10.2. The van der Waals surface area contributed by atoms with Gasteiger partial charge in [0.15, 0.2) is 0 Å². The standard InChI is InChI=1S/C23H20N6O2/c1-30-17-7-3-6-14-18-21(26-20(14)17)27-23(31-13-5-2-4-12(8-13)9-24)28-22(18)29-10-15-16(11-29)19(15)25/h2-8,15-16,19H,10-11,25H2,1H3,(H,26,27,28). The molecule has 0 spiro atoms. The first-order chi connectivity index (χ1) is 15.2. The van der Waals surface area contributed by atoms with Crippen LogP contribution in [0.4, 0.5) is 5.82 Å². The third kappa shape index (κ3) is 2.78. The number of benzene rings is 2. The summed E-state index contributed by atoms with van der Waals surface area (Å²) in [4.78, 5) is 15.1. The molecule has 1 saturated carbocycles. The lowest BCUT2D eigenvalue weighted by Crippen LogP contribution is -2.29. The minimum Gasteiger partial charge on any atom is -0.495 e. The van der Waals surface area contributed by atoms with Crippen LogP contribution < -0.4 is 20.1 Å². The monoisotopic (exact) mass is 412 g/mol. The summed E-state index contributed by atoms with van der Waals surface area (Å²) in [6, 6.07) is 15.5. The number of nitrogens with two attached hydrogens (primary N) is 1. The van der Waals surface area contributed by atoms with E-state index in [1.165, 1.54) is 0 Å². The van der Waals surface area contributed by atoms with Crippen LogP contribution in [0.5, 0.6) is 17.5 Å². The average Bonchev–Trinajstić information content (AvgIpc) is 3.15. The highest BCUT2D eigenvalue weighted by Gasteiger charge is 2.54. The molecule has 4 aromatic rings. The Morgan fingerprint density at radius 2 is 1.97 bits per heavy atom. The number of nitrogens with zero attached hydrogens (tertiary/aromatic N) is 4. The molecule has 1 aliphatic carbocycles. The van der Waals surface area contributed by atoms with E-state index in [2.05, 4.69) is 20.9 Å². The molecule has 2 aromatic heterocycles. The maximum absolute atomic E-state index is 9.17. The molecule has 3 heterocycles. The highest BCUT2D eigenvalue weighted by Crippen LogP contribution is 2.47. The molecule has 1 aliphatic heterocycles. The van der Waals surface area contributed by atoms with Crippen molar-refractivity contribution in [3.05, 3.63) is 48.0 Å². The molecule has 6 rings (SSSR count). The summed E-state index contributed by atoms with van der Waals surface area (Å²) in [5, 5.41) is 11.1. The summed E-state index contributed by atoms with van der Waals surface area (Å²) in [6.07, 6.45) is 0. The van der Waals surface area contributed by atoms with E-state index in [9.17, 15) is 0 Å². The van der Waals surface area contributed by atoms with E-state index in [0.717, 1.165) is 40.9 Å². The number of ether oxygens (including phenoxy) is 2. The van der Waals surface area contributed by atoms with Crippen LogP contribution in [0.15, 0.2) is 42.5 Å².